The zero-order valence-corrected chi connectivity index (χ0v) is 13.7. The Bertz CT molecular complexity index is 393. The topological polar surface area (TPSA) is 52.7 Å². The van der Waals surface area contributed by atoms with Crippen LogP contribution in [-0.4, -0.2) is 56.4 Å². The van der Waals surface area contributed by atoms with Gasteiger partial charge in [-0.3, -0.25) is 4.90 Å². The summed E-state index contributed by atoms with van der Waals surface area (Å²) in [5, 5.41) is 0. The highest BCUT2D eigenvalue weighted by molar-refractivity contribution is 7.87. The monoisotopic (exact) mass is 303 g/mol. The molecule has 0 amide bonds. The fourth-order valence-corrected chi connectivity index (χ4v) is 4.55. The molecule has 0 saturated carbocycles. The fourth-order valence-electron chi connectivity index (χ4n) is 3.18. The van der Waals surface area contributed by atoms with Gasteiger partial charge in [0.25, 0.3) is 10.2 Å². The molecule has 1 N–H and O–H groups in total. The molecule has 0 bridgehead atoms. The third kappa shape index (κ3) is 4.41. The van der Waals surface area contributed by atoms with Crippen LogP contribution >= 0.6 is 0 Å². The van der Waals surface area contributed by atoms with Gasteiger partial charge in [0, 0.05) is 32.2 Å². The van der Waals surface area contributed by atoms with Gasteiger partial charge >= 0.3 is 0 Å². The molecular formula is C14H29N3O2S. The Balaban J connectivity index is 1.81. The van der Waals surface area contributed by atoms with E-state index in [1.807, 2.05) is 0 Å². The number of likely N-dealkylation sites (tertiary alicyclic amines) is 1. The Morgan fingerprint density at radius 2 is 1.85 bits per heavy atom. The first-order valence-corrected chi connectivity index (χ1v) is 9.42. The second-order valence-corrected chi connectivity index (χ2v) is 8.16. The molecule has 2 aliphatic rings. The predicted octanol–water partition coefficient (Wildman–Crippen LogP) is 1.43. The molecular weight excluding hydrogens is 274 g/mol. The maximum atomic E-state index is 12.2. The summed E-state index contributed by atoms with van der Waals surface area (Å²) in [6.07, 6.45) is 5.64. The molecule has 2 rings (SSSR count). The molecule has 6 heteroatoms. The number of piperidine rings is 2. The van der Waals surface area contributed by atoms with Crippen LogP contribution in [0.2, 0.25) is 0 Å². The van der Waals surface area contributed by atoms with E-state index in [-0.39, 0.29) is 6.04 Å². The predicted molar refractivity (Wildman–Crippen MR) is 81.8 cm³/mol. The standard InChI is InChI=1S/C14H29N3O2S/c1-13-7-6-8-16(12-13)14(2)11-15-20(18,19)17-9-4-3-5-10-17/h13-15H,3-12H2,1-2H3/t13-,14+/m1/s1. The summed E-state index contributed by atoms with van der Waals surface area (Å²) in [7, 11) is -3.27. The van der Waals surface area contributed by atoms with Crippen molar-refractivity contribution in [3.05, 3.63) is 0 Å². The Morgan fingerprint density at radius 1 is 1.15 bits per heavy atom. The summed E-state index contributed by atoms with van der Waals surface area (Å²) in [5.41, 5.74) is 0. The van der Waals surface area contributed by atoms with Crippen LogP contribution in [0.5, 0.6) is 0 Å². The van der Waals surface area contributed by atoms with Gasteiger partial charge in [-0.2, -0.15) is 12.7 Å². The van der Waals surface area contributed by atoms with Crippen molar-refractivity contribution in [2.45, 2.75) is 52.0 Å². The van der Waals surface area contributed by atoms with Crippen LogP contribution in [-0.2, 0) is 10.2 Å². The molecule has 2 atom stereocenters. The van der Waals surface area contributed by atoms with E-state index in [1.165, 1.54) is 12.8 Å². The third-order valence-corrected chi connectivity index (χ3v) is 6.10. The van der Waals surface area contributed by atoms with Crippen LogP contribution in [0.15, 0.2) is 0 Å². The fraction of sp³-hybridized carbons (Fsp3) is 1.00. The summed E-state index contributed by atoms with van der Waals surface area (Å²) in [6.45, 7) is 8.44. The largest absolute Gasteiger partial charge is 0.299 e. The number of nitrogens with zero attached hydrogens (tertiary/aromatic N) is 2. The molecule has 2 heterocycles. The third-order valence-electron chi connectivity index (χ3n) is 4.53. The van der Waals surface area contributed by atoms with Crippen molar-refractivity contribution in [1.29, 1.82) is 0 Å². The van der Waals surface area contributed by atoms with Crippen LogP contribution < -0.4 is 4.72 Å². The molecule has 0 aliphatic carbocycles. The van der Waals surface area contributed by atoms with E-state index >= 15 is 0 Å². The van der Waals surface area contributed by atoms with E-state index < -0.39 is 10.2 Å². The summed E-state index contributed by atoms with van der Waals surface area (Å²) in [6, 6.07) is 0.275. The van der Waals surface area contributed by atoms with E-state index in [0.29, 0.717) is 19.6 Å². The number of hydrogen-bond acceptors (Lipinski definition) is 3. The quantitative estimate of drug-likeness (QED) is 0.836. The van der Waals surface area contributed by atoms with Crippen LogP contribution in [0.4, 0.5) is 0 Å². The first-order chi connectivity index (χ1) is 9.49. The Morgan fingerprint density at radius 3 is 2.50 bits per heavy atom. The second-order valence-electron chi connectivity index (χ2n) is 6.40. The summed E-state index contributed by atoms with van der Waals surface area (Å²) in [5.74, 6) is 0.727. The number of nitrogens with one attached hydrogen (secondary N) is 1. The summed E-state index contributed by atoms with van der Waals surface area (Å²) >= 11 is 0. The van der Waals surface area contributed by atoms with Gasteiger partial charge in [0.2, 0.25) is 0 Å². The Hall–Kier alpha value is -0.170. The van der Waals surface area contributed by atoms with Crippen LogP contribution in [0.25, 0.3) is 0 Å². The number of hydrogen-bond donors (Lipinski definition) is 1. The van der Waals surface area contributed by atoms with Crippen LogP contribution in [0, 0.1) is 5.92 Å². The SMILES string of the molecule is C[C@@H]1CCCN([C@@H](C)CNS(=O)(=O)N2CCCCC2)C1. The van der Waals surface area contributed by atoms with E-state index in [9.17, 15) is 8.42 Å². The minimum absolute atomic E-state index is 0.275. The molecule has 0 aromatic rings. The van der Waals surface area contributed by atoms with Crippen LogP contribution in [0.1, 0.15) is 46.0 Å². The van der Waals surface area contributed by atoms with Gasteiger partial charge in [0.05, 0.1) is 0 Å². The molecule has 0 spiro atoms. The first-order valence-electron chi connectivity index (χ1n) is 7.98. The molecule has 118 valence electrons. The highest BCUT2D eigenvalue weighted by Gasteiger charge is 2.26. The molecule has 0 radical (unpaired) electrons. The molecule has 0 aromatic carbocycles. The molecule has 0 unspecified atom stereocenters. The lowest BCUT2D eigenvalue weighted by molar-refractivity contribution is 0.139. The van der Waals surface area contributed by atoms with Gasteiger partial charge in [-0.25, -0.2) is 4.72 Å². The molecule has 2 aliphatic heterocycles. The lowest BCUT2D eigenvalue weighted by Crippen LogP contribution is -2.50. The van der Waals surface area contributed by atoms with Gasteiger partial charge < -0.3 is 0 Å². The summed E-state index contributed by atoms with van der Waals surface area (Å²) < 4.78 is 28.9. The zero-order chi connectivity index (χ0) is 14.6. The smallest absolute Gasteiger partial charge is 0.279 e. The average Bonchev–Trinajstić information content (AvgIpc) is 2.46. The first kappa shape index (κ1) is 16.2. The second kappa shape index (κ2) is 7.20. The van der Waals surface area contributed by atoms with Crippen LogP contribution in [0.3, 0.4) is 0 Å². The van der Waals surface area contributed by atoms with Gasteiger partial charge in [0.1, 0.15) is 0 Å². The van der Waals surface area contributed by atoms with Crippen molar-refractivity contribution in [3.63, 3.8) is 0 Å². The highest BCUT2D eigenvalue weighted by atomic mass is 32.2. The van der Waals surface area contributed by atoms with Gasteiger partial charge in [-0.05, 0) is 45.1 Å². The maximum Gasteiger partial charge on any atom is 0.279 e. The van der Waals surface area contributed by atoms with E-state index in [2.05, 4.69) is 23.5 Å². The lowest BCUT2D eigenvalue weighted by Gasteiger charge is -2.36. The Kier molecular flexibility index (Phi) is 5.84. The number of rotatable bonds is 5. The minimum atomic E-state index is -3.27. The molecule has 20 heavy (non-hydrogen) atoms. The molecule has 5 nitrogen and oxygen atoms in total. The maximum absolute atomic E-state index is 12.2. The zero-order valence-electron chi connectivity index (χ0n) is 12.8. The van der Waals surface area contributed by atoms with E-state index in [1.54, 1.807) is 4.31 Å². The highest BCUT2D eigenvalue weighted by Crippen LogP contribution is 2.18. The van der Waals surface area contributed by atoms with Gasteiger partial charge in [-0.1, -0.05) is 13.3 Å². The molecule has 2 saturated heterocycles. The van der Waals surface area contributed by atoms with Crippen molar-refractivity contribution < 1.29 is 8.42 Å². The van der Waals surface area contributed by atoms with Gasteiger partial charge in [-0.15, -0.1) is 0 Å². The normalized spacial score (nSPS) is 28.4. The molecule has 0 aromatic heterocycles. The summed E-state index contributed by atoms with van der Waals surface area (Å²) in [4.78, 5) is 2.41. The van der Waals surface area contributed by atoms with E-state index in [4.69, 9.17) is 0 Å². The van der Waals surface area contributed by atoms with Crippen molar-refractivity contribution in [3.8, 4) is 0 Å². The minimum Gasteiger partial charge on any atom is -0.299 e. The van der Waals surface area contributed by atoms with Gasteiger partial charge in [0.15, 0.2) is 0 Å². The van der Waals surface area contributed by atoms with Crippen molar-refractivity contribution in [2.24, 2.45) is 5.92 Å². The van der Waals surface area contributed by atoms with Crippen molar-refractivity contribution >= 4 is 10.2 Å². The lowest BCUT2D eigenvalue weighted by atomic mass is 9.99. The average molecular weight is 303 g/mol. The Labute approximate surface area is 123 Å². The van der Waals surface area contributed by atoms with Crippen molar-refractivity contribution in [1.82, 2.24) is 13.9 Å². The van der Waals surface area contributed by atoms with Crippen molar-refractivity contribution in [2.75, 3.05) is 32.7 Å². The van der Waals surface area contributed by atoms with E-state index in [0.717, 1.165) is 38.3 Å². The molecule has 2 fully saturated rings.